The summed E-state index contributed by atoms with van der Waals surface area (Å²) in [5.41, 5.74) is 2.58. The first-order valence-electron chi connectivity index (χ1n) is 8.29. The van der Waals surface area contributed by atoms with E-state index in [4.69, 9.17) is 0 Å². The fourth-order valence-corrected chi connectivity index (χ4v) is 3.34. The van der Waals surface area contributed by atoms with Gasteiger partial charge in [-0.1, -0.05) is 18.2 Å². The van der Waals surface area contributed by atoms with Gasteiger partial charge < -0.3 is 10.2 Å². The summed E-state index contributed by atoms with van der Waals surface area (Å²) >= 11 is 0. The van der Waals surface area contributed by atoms with Crippen molar-refractivity contribution in [3.63, 3.8) is 0 Å². The lowest BCUT2D eigenvalue weighted by Gasteiger charge is -2.13. The summed E-state index contributed by atoms with van der Waals surface area (Å²) in [6.07, 6.45) is 0.704. The first-order valence-corrected chi connectivity index (χ1v) is 9.73. The summed E-state index contributed by atoms with van der Waals surface area (Å²) < 4.78 is 25.5. The predicted octanol–water partition coefficient (Wildman–Crippen LogP) is 1.98. The van der Waals surface area contributed by atoms with Crippen molar-refractivity contribution >= 4 is 21.6 Å². The molecule has 6 nitrogen and oxygen atoms in total. The van der Waals surface area contributed by atoms with Crippen LogP contribution in [-0.2, 0) is 16.4 Å². The molecule has 0 aliphatic rings. The van der Waals surface area contributed by atoms with E-state index in [0.717, 1.165) is 15.6 Å². The molecule has 1 N–H and O–H groups in total. The molecule has 2 rings (SSSR count). The van der Waals surface area contributed by atoms with E-state index in [1.165, 1.54) is 26.2 Å². The molecule has 0 aliphatic heterocycles. The van der Waals surface area contributed by atoms with Gasteiger partial charge in [0.15, 0.2) is 0 Å². The minimum atomic E-state index is -3.56. The lowest BCUT2D eigenvalue weighted by atomic mass is 10.1. The Labute approximate surface area is 155 Å². The molecule has 0 heterocycles. The van der Waals surface area contributed by atoms with Crippen molar-refractivity contribution in [2.24, 2.45) is 0 Å². The van der Waals surface area contributed by atoms with E-state index in [2.05, 4.69) is 5.32 Å². The maximum Gasteiger partial charge on any atom is 0.251 e. The number of carbonyl (C=O) groups is 1. The van der Waals surface area contributed by atoms with E-state index in [9.17, 15) is 13.2 Å². The van der Waals surface area contributed by atoms with Gasteiger partial charge in [0, 0.05) is 46.0 Å². The third kappa shape index (κ3) is 4.83. The van der Waals surface area contributed by atoms with Crippen LogP contribution in [0.1, 0.15) is 15.9 Å². The largest absolute Gasteiger partial charge is 0.378 e. The number of carbonyl (C=O) groups excluding carboxylic acids is 1. The number of sulfonamides is 1. The number of nitrogens with one attached hydrogen (secondary N) is 1. The third-order valence-electron chi connectivity index (χ3n) is 4.03. The number of benzene rings is 2. The number of rotatable bonds is 7. The van der Waals surface area contributed by atoms with Crippen LogP contribution in [0.4, 0.5) is 5.69 Å². The van der Waals surface area contributed by atoms with Crippen LogP contribution in [0.5, 0.6) is 0 Å². The third-order valence-corrected chi connectivity index (χ3v) is 5.84. The number of nitrogens with zero attached hydrogens (tertiary/aromatic N) is 2. The molecule has 0 spiro atoms. The van der Waals surface area contributed by atoms with Gasteiger partial charge in [-0.15, -0.1) is 0 Å². The molecule has 0 bridgehead atoms. The van der Waals surface area contributed by atoms with Crippen molar-refractivity contribution in [1.29, 1.82) is 0 Å². The Hall–Kier alpha value is -2.38. The minimum absolute atomic E-state index is 0.106. The van der Waals surface area contributed by atoms with Crippen LogP contribution in [0.15, 0.2) is 53.4 Å². The van der Waals surface area contributed by atoms with Gasteiger partial charge in [0.05, 0.1) is 4.90 Å². The Bertz CT molecular complexity index is 860. The Kier molecular flexibility index (Phi) is 6.39. The van der Waals surface area contributed by atoms with Crippen LogP contribution in [0.2, 0.25) is 0 Å². The molecule has 0 fully saturated rings. The van der Waals surface area contributed by atoms with E-state index >= 15 is 0 Å². The van der Waals surface area contributed by atoms with Crippen molar-refractivity contribution in [3.8, 4) is 0 Å². The zero-order valence-electron chi connectivity index (χ0n) is 15.6. The van der Waals surface area contributed by atoms with Gasteiger partial charge in [0.25, 0.3) is 5.91 Å². The first kappa shape index (κ1) is 19.9. The maximum atomic E-state index is 12.3. The van der Waals surface area contributed by atoms with E-state index in [1.807, 2.05) is 43.3 Å². The summed E-state index contributed by atoms with van der Waals surface area (Å²) in [7, 11) is 3.34. The van der Waals surface area contributed by atoms with Gasteiger partial charge in [-0.3, -0.25) is 4.79 Å². The number of hydrogen-bond acceptors (Lipinski definition) is 4. The highest BCUT2D eigenvalue weighted by Crippen LogP contribution is 2.15. The molecule has 7 heteroatoms. The maximum absolute atomic E-state index is 12.3. The molecule has 0 unspecified atom stereocenters. The summed E-state index contributed by atoms with van der Waals surface area (Å²) in [4.78, 5) is 14.4. The molecule has 1 amide bonds. The van der Waals surface area contributed by atoms with E-state index < -0.39 is 10.0 Å². The van der Waals surface area contributed by atoms with Crippen molar-refractivity contribution < 1.29 is 13.2 Å². The molecule has 0 aliphatic carbocycles. The molecule has 0 aromatic heterocycles. The molecule has 0 radical (unpaired) electrons. The van der Waals surface area contributed by atoms with Crippen LogP contribution in [-0.4, -0.2) is 53.4 Å². The van der Waals surface area contributed by atoms with Gasteiger partial charge in [-0.2, -0.15) is 0 Å². The predicted molar refractivity (Wildman–Crippen MR) is 104 cm³/mol. The number of amides is 1. The first-order chi connectivity index (χ1) is 12.2. The Balaban J connectivity index is 1.98. The highest BCUT2D eigenvalue weighted by atomic mass is 32.2. The lowest BCUT2D eigenvalue weighted by molar-refractivity contribution is 0.0954. The molecular formula is C19H25N3O3S. The van der Waals surface area contributed by atoms with Gasteiger partial charge in [-0.25, -0.2) is 12.7 Å². The average Bonchev–Trinajstić information content (AvgIpc) is 2.62. The van der Waals surface area contributed by atoms with Crippen molar-refractivity contribution in [3.05, 3.63) is 59.7 Å². The normalized spacial score (nSPS) is 11.4. The van der Waals surface area contributed by atoms with E-state index in [0.29, 0.717) is 18.5 Å². The number of hydrogen-bond donors (Lipinski definition) is 1. The van der Waals surface area contributed by atoms with Crippen LogP contribution in [0.25, 0.3) is 0 Å². The van der Waals surface area contributed by atoms with Gasteiger partial charge in [0.1, 0.15) is 0 Å². The molecule has 0 saturated carbocycles. The molecule has 140 valence electrons. The summed E-state index contributed by atoms with van der Waals surface area (Å²) in [6.45, 7) is 0.477. The Morgan fingerprint density at radius 1 is 1.00 bits per heavy atom. The smallest absolute Gasteiger partial charge is 0.251 e. The van der Waals surface area contributed by atoms with Crippen LogP contribution >= 0.6 is 0 Å². The monoisotopic (exact) mass is 375 g/mol. The zero-order chi connectivity index (χ0) is 19.3. The van der Waals surface area contributed by atoms with Crippen molar-refractivity contribution in [2.75, 3.05) is 39.6 Å². The fourth-order valence-electron chi connectivity index (χ4n) is 2.39. The van der Waals surface area contributed by atoms with Gasteiger partial charge >= 0.3 is 0 Å². The molecule has 26 heavy (non-hydrogen) atoms. The van der Waals surface area contributed by atoms with Gasteiger partial charge in [0.2, 0.25) is 10.0 Å². The van der Waals surface area contributed by atoms with E-state index in [-0.39, 0.29) is 10.8 Å². The quantitative estimate of drug-likeness (QED) is 0.803. The van der Waals surface area contributed by atoms with E-state index in [1.54, 1.807) is 12.1 Å². The second-order valence-electron chi connectivity index (χ2n) is 6.38. The fraction of sp³-hybridized carbons (Fsp3) is 0.316. The van der Waals surface area contributed by atoms with Gasteiger partial charge in [-0.05, 0) is 42.3 Å². The molecule has 0 atom stereocenters. The van der Waals surface area contributed by atoms with Crippen molar-refractivity contribution in [2.45, 2.75) is 11.3 Å². The molecule has 2 aromatic rings. The Morgan fingerprint density at radius 2 is 1.65 bits per heavy atom. The van der Waals surface area contributed by atoms with Crippen LogP contribution in [0, 0.1) is 0 Å². The zero-order valence-corrected chi connectivity index (χ0v) is 16.4. The number of anilines is 1. The second kappa shape index (κ2) is 8.33. The van der Waals surface area contributed by atoms with Crippen molar-refractivity contribution in [1.82, 2.24) is 9.62 Å². The molecular weight excluding hydrogens is 350 g/mol. The average molecular weight is 375 g/mol. The molecule has 0 saturated heterocycles. The standard InChI is InChI=1S/C19H25N3O3S/c1-21(2)17-10-8-15(9-11-17)12-13-20-19(23)16-6-5-7-18(14-16)26(24,25)22(3)4/h5-11,14H,12-13H2,1-4H3,(H,20,23). The minimum Gasteiger partial charge on any atom is -0.378 e. The molecule has 2 aromatic carbocycles. The SMILES string of the molecule is CN(C)c1ccc(CCNC(=O)c2cccc(S(=O)(=O)N(C)C)c2)cc1. The highest BCUT2D eigenvalue weighted by Gasteiger charge is 2.18. The lowest BCUT2D eigenvalue weighted by Crippen LogP contribution is -2.26. The highest BCUT2D eigenvalue weighted by molar-refractivity contribution is 7.89. The topological polar surface area (TPSA) is 69.7 Å². The summed E-state index contributed by atoms with van der Waals surface area (Å²) in [5.74, 6) is -0.286. The Morgan fingerprint density at radius 3 is 2.23 bits per heavy atom. The van der Waals surface area contributed by atoms with Crippen LogP contribution in [0.3, 0.4) is 0 Å². The van der Waals surface area contributed by atoms with Crippen LogP contribution < -0.4 is 10.2 Å². The summed E-state index contributed by atoms with van der Waals surface area (Å²) in [6, 6.07) is 14.2. The second-order valence-corrected chi connectivity index (χ2v) is 8.53. The summed E-state index contributed by atoms with van der Waals surface area (Å²) in [5, 5.41) is 2.83.